The molecule has 1 aromatic heterocycles. The highest BCUT2D eigenvalue weighted by atomic mass is 19.4. The van der Waals surface area contributed by atoms with Gasteiger partial charge >= 0.3 is 17.8 Å². The number of benzene rings is 2. The summed E-state index contributed by atoms with van der Waals surface area (Å²) in [5.41, 5.74) is -0.396. The molecule has 0 aliphatic carbocycles. The number of hydrogen-bond donors (Lipinski definition) is 1. The van der Waals surface area contributed by atoms with Gasteiger partial charge in [0.15, 0.2) is 5.60 Å². The number of rotatable bonds is 10. The lowest BCUT2D eigenvalue weighted by atomic mass is 10.0. The molecular weight excluding hydrogens is 475 g/mol. The monoisotopic (exact) mass is 505 g/mol. The number of carboxylic acids is 1. The van der Waals surface area contributed by atoms with Gasteiger partial charge in [0.25, 0.3) is 0 Å². The van der Waals surface area contributed by atoms with Crippen molar-refractivity contribution in [3.05, 3.63) is 75.5 Å². The summed E-state index contributed by atoms with van der Waals surface area (Å²) >= 11 is 0. The fraction of sp³-hybridized carbons (Fsp3) is 0.423. The van der Waals surface area contributed by atoms with E-state index in [-0.39, 0.29) is 11.4 Å². The molecule has 0 atom stereocenters. The highest BCUT2D eigenvalue weighted by Gasteiger charge is 2.31. The first-order valence-electron chi connectivity index (χ1n) is 11.7. The van der Waals surface area contributed by atoms with Crippen molar-refractivity contribution in [3.63, 3.8) is 0 Å². The summed E-state index contributed by atoms with van der Waals surface area (Å²) in [6.07, 6.45) is -1.86. The van der Waals surface area contributed by atoms with Crippen LogP contribution < -0.4 is 10.4 Å². The number of halogens is 3. The Kier molecular flexibility index (Phi) is 7.96. The average molecular weight is 506 g/mol. The number of aromatic nitrogens is 3. The van der Waals surface area contributed by atoms with E-state index in [1.807, 2.05) is 26.0 Å². The van der Waals surface area contributed by atoms with Gasteiger partial charge in [0.05, 0.1) is 11.3 Å². The smallest absolute Gasteiger partial charge is 0.416 e. The maximum absolute atomic E-state index is 12.9. The van der Waals surface area contributed by atoms with Crippen LogP contribution in [0.4, 0.5) is 13.2 Å². The van der Waals surface area contributed by atoms with Crippen LogP contribution in [0.5, 0.6) is 5.75 Å². The predicted molar refractivity (Wildman–Crippen MR) is 129 cm³/mol. The first kappa shape index (κ1) is 27.0. The molecule has 0 saturated heterocycles. The lowest BCUT2D eigenvalue weighted by molar-refractivity contribution is -0.152. The van der Waals surface area contributed by atoms with Crippen molar-refractivity contribution in [2.24, 2.45) is 0 Å². The molecule has 10 heteroatoms. The minimum atomic E-state index is -4.45. The van der Waals surface area contributed by atoms with E-state index in [9.17, 15) is 27.9 Å². The molecule has 1 N–H and O–H groups in total. The topological polar surface area (TPSA) is 86.3 Å². The first-order valence-corrected chi connectivity index (χ1v) is 11.7. The molecular formula is C26H30F3N3O4. The van der Waals surface area contributed by atoms with Crippen molar-refractivity contribution in [2.75, 3.05) is 0 Å². The van der Waals surface area contributed by atoms with Crippen LogP contribution in [0.15, 0.2) is 47.3 Å². The summed E-state index contributed by atoms with van der Waals surface area (Å²) in [7, 11) is 0. The quantitative estimate of drug-likeness (QED) is 0.410. The fourth-order valence-corrected chi connectivity index (χ4v) is 3.78. The van der Waals surface area contributed by atoms with E-state index >= 15 is 0 Å². The second kappa shape index (κ2) is 10.6. The van der Waals surface area contributed by atoms with Crippen molar-refractivity contribution >= 4 is 5.97 Å². The second-order valence-electron chi connectivity index (χ2n) is 9.18. The first-order chi connectivity index (χ1) is 16.8. The van der Waals surface area contributed by atoms with E-state index in [4.69, 9.17) is 4.74 Å². The molecule has 3 aromatic rings. The van der Waals surface area contributed by atoms with Gasteiger partial charge in [-0.3, -0.25) is 4.57 Å². The zero-order valence-electron chi connectivity index (χ0n) is 20.7. The van der Waals surface area contributed by atoms with E-state index in [0.29, 0.717) is 43.8 Å². The van der Waals surface area contributed by atoms with Crippen molar-refractivity contribution in [2.45, 2.75) is 71.7 Å². The minimum absolute atomic E-state index is 0.277. The molecule has 0 spiro atoms. The molecule has 0 saturated carbocycles. The van der Waals surface area contributed by atoms with Crippen molar-refractivity contribution in [3.8, 4) is 11.4 Å². The summed E-state index contributed by atoms with van der Waals surface area (Å²) in [6, 6.07) is 9.93. The van der Waals surface area contributed by atoms with Crippen LogP contribution >= 0.6 is 0 Å². The Morgan fingerprint density at radius 2 is 1.75 bits per heavy atom. The van der Waals surface area contributed by atoms with E-state index in [0.717, 1.165) is 27.9 Å². The number of aryl methyl sites for hydroxylation is 3. The van der Waals surface area contributed by atoms with Gasteiger partial charge in [-0.2, -0.15) is 17.9 Å². The highest BCUT2D eigenvalue weighted by Crippen LogP contribution is 2.29. The maximum Gasteiger partial charge on any atom is 0.416 e. The third-order valence-corrected chi connectivity index (χ3v) is 5.81. The van der Waals surface area contributed by atoms with Crippen LogP contribution in [0, 0.1) is 6.92 Å². The van der Waals surface area contributed by atoms with Crippen LogP contribution in [0.1, 0.15) is 56.1 Å². The molecule has 0 bridgehead atoms. The normalized spacial score (nSPS) is 12.1. The number of aliphatic carboxylic acids is 1. The molecule has 7 nitrogen and oxygen atoms in total. The van der Waals surface area contributed by atoms with E-state index in [1.165, 1.54) is 26.0 Å². The predicted octanol–water partition coefficient (Wildman–Crippen LogP) is 5.19. The van der Waals surface area contributed by atoms with Crippen LogP contribution in [0.3, 0.4) is 0 Å². The average Bonchev–Trinajstić information content (AvgIpc) is 3.10. The summed E-state index contributed by atoms with van der Waals surface area (Å²) in [6.45, 7) is 7.22. The number of hydrogen-bond acceptors (Lipinski definition) is 4. The van der Waals surface area contributed by atoms with Gasteiger partial charge in [-0.1, -0.05) is 19.1 Å². The molecule has 194 valence electrons. The molecule has 0 unspecified atom stereocenters. The van der Waals surface area contributed by atoms with Gasteiger partial charge in [-0.15, -0.1) is 5.10 Å². The van der Waals surface area contributed by atoms with Crippen molar-refractivity contribution in [1.82, 2.24) is 14.3 Å². The Morgan fingerprint density at radius 1 is 1.08 bits per heavy atom. The summed E-state index contributed by atoms with van der Waals surface area (Å²) in [4.78, 5) is 24.2. The molecule has 3 rings (SSSR count). The van der Waals surface area contributed by atoms with Crippen LogP contribution in [-0.2, 0) is 30.4 Å². The third kappa shape index (κ3) is 6.16. The zero-order valence-corrected chi connectivity index (χ0v) is 20.7. The van der Waals surface area contributed by atoms with E-state index in [1.54, 1.807) is 10.6 Å². The van der Waals surface area contributed by atoms with Gasteiger partial charge in [0, 0.05) is 13.0 Å². The molecule has 36 heavy (non-hydrogen) atoms. The van der Waals surface area contributed by atoms with Gasteiger partial charge in [0.1, 0.15) is 11.6 Å². The summed E-state index contributed by atoms with van der Waals surface area (Å²) in [5.74, 6) is 0.0136. The Morgan fingerprint density at radius 3 is 2.31 bits per heavy atom. The molecule has 0 aliphatic heterocycles. The molecule has 0 aliphatic rings. The molecule has 0 amide bonds. The standard InChI is InChI=1S/C26H30F3N3O4/c1-5-15-31-22(30-32(24(31)35)20-12-10-19(11-13-20)26(27,28)29)8-6-7-18-9-14-21(17(2)16-18)36-25(3,4)23(33)34/h9-14,16H,5-8,15H2,1-4H3,(H,33,34). The van der Waals surface area contributed by atoms with Gasteiger partial charge < -0.3 is 9.84 Å². The Balaban J connectivity index is 1.74. The highest BCUT2D eigenvalue weighted by molar-refractivity contribution is 5.76. The van der Waals surface area contributed by atoms with Gasteiger partial charge in [-0.25, -0.2) is 9.59 Å². The number of carbonyl (C=O) groups is 1. The fourth-order valence-electron chi connectivity index (χ4n) is 3.78. The van der Waals surface area contributed by atoms with Gasteiger partial charge in [-0.05, 0) is 81.5 Å². The molecule has 0 fully saturated rings. The Labute approximate surface area is 207 Å². The minimum Gasteiger partial charge on any atom is -0.478 e. The van der Waals surface area contributed by atoms with E-state index in [2.05, 4.69) is 5.10 Å². The second-order valence-corrected chi connectivity index (χ2v) is 9.18. The summed E-state index contributed by atoms with van der Waals surface area (Å²) < 4.78 is 47.0. The van der Waals surface area contributed by atoms with Crippen molar-refractivity contribution in [1.29, 1.82) is 0 Å². The van der Waals surface area contributed by atoms with Crippen LogP contribution in [0.2, 0.25) is 0 Å². The van der Waals surface area contributed by atoms with Crippen LogP contribution in [-0.4, -0.2) is 31.0 Å². The number of alkyl halides is 3. The molecule has 2 aromatic carbocycles. The lowest BCUT2D eigenvalue weighted by Crippen LogP contribution is -2.38. The molecule has 0 radical (unpaired) electrons. The van der Waals surface area contributed by atoms with Crippen molar-refractivity contribution < 1.29 is 27.8 Å². The number of carboxylic acid groups (broad SMARTS) is 1. The lowest BCUT2D eigenvalue weighted by Gasteiger charge is -2.23. The Hall–Kier alpha value is -3.56. The number of ether oxygens (including phenoxy) is 1. The zero-order chi connectivity index (χ0) is 26.7. The molecule has 1 heterocycles. The van der Waals surface area contributed by atoms with Gasteiger partial charge in [0.2, 0.25) is 0 Å². The van der Waals surface area contributed by atoms with E-state index < -0.39 is 23.3 Å². The maximum atomic E-state index is 12.9. The van der Waals surface area contributed by atoms with Crippen LogP contribution in [0.25, 0.3) is 5.69 Å². The largest absolute Gasteiger partial charge is 0.478 e. The summed E-state index contributed by atoms with van der Waals surface area (Å²) in [5, 5.41) is 13.7. The number of nitrogens with zero attached hydrogens (tertiary/aromatic N) is 3. The SMILES string of the molecule is CCCn1c(CCCc2ccc(OC(C)(C)C(=O)O)c(C)c2)nn(-c2ccc(C(F)(F)F)cc2)c1=O. The Bertz CT molecular complexity index is 1280. The third-order valence-electron chi connectivity index (χ3n) is 5.81.